The van der Waals surface area contributed by atoms with E-state index in [4.69, 9.17) is 20.7 Å². The summed E-state index contributed by atoms with van der Waals surface area (Å²) in [6.07, 6.45) is 4.42. The molecule has 122 valence electrons. The molecule has 2 unspecified atom stereocenters. The molecular weight excluding hydrogens is 284 g/mol. The van der Waals surface area contributed by atoms with Gasteiger partial charge in [0, 0.05) is 6.42 Å². The summed E-state index contributed by atoms with van der Waals surface area (Å²) in [7, 11) is 0. The Morgan fingerprint density at radius 2 is 1.50 bits per heavy atom. The maximum atomic E-state index is 11.1. The number of carboxylic acids is 2. The maximum absolute atomic E-state index is 11.1. The van der Waals surface area contributed by atoms with E-state index in [0.29, 0.717) is 18.8 Å². The van der Waals surface area contributed by atoms with Crippen LogP contribution >= 0.6 is 0 Å². The minimum Gasteiger partial charge on any atom is -0.480 e. The SMILES string of the molecule is CC(CCCC#N)CCC(C)CCC(C#N)(C(=O)O)C(=O)O. The fourth-order valence-corrected chi connectivity index (χ4v) is 2.31. The highest BCUT2D eigenvalue weighted by molar-refractivity contribution is 6.01. The lowest BCUT2D eigenvalue weighted by molar-refractivity contribution is -0.160. The van der Waals surface area contributed by atoms with Crippen molar-refractivity contribution in [2.24, 2.45) is 17.3 Å². The van der Waals surface area contributed by atoms with Gasteiger partial charge in [0.1, 0.15) is 0 Å². The fraction of sp³-hybridized carbons (Fsp3) is 0.750. The van der Waals surface area contributed by atoms with Crippen LogP contribution in [0.4, 0.5) is 0 Å². The van der Waals surface area contributed by atoms with Crippen LogP contribution in [0.15, 0.2) is 0 Å². The Balaban J connectivity index is 4.30. The standard InChI is InChI=1S/C16H24N2O4/c1-12(5-3-4-10-17)6-7-13(2)8-9-16(11-18,14(19)20)15(21)22/h12-13H,3-9H2,1-2H3,(H,19,20)(H,21,22). The van der Waals surface area contributed by atoms with Crippen molar-refractivity contribution in [2.75, 3.05) is 0 Å². The molecule has 0 saturated carbocycles. The predicted molar refractivity (Wildman–Crippen MR) is 79.6 cm³/mol. The van der Waals surface area contributed by atoms with Crippen LogP contribution < -0.4 is 0 Å². The minimum atomic E-state index is -2.34. The number of nitriles is 2. The largest absolute Gasteiger partial charge is 0.480 e. The highest BCUT2D eigenvalue weighted by Crippen LogP contribution is 2.29. The third kappa shape index (κ3) is 6.13. The monoisotopic (exact) mass is 308 g/mol. The number of aliphatic carboxylic acids is 2. The van der Waals surface area contributed by atoms with Gasteiger partial charge in [-0.25, -0.2) is 9.59 Å². The first kappa shape index (κ1) is 19.9. The molecule has 0 heterocycles. The van der Waals surface area contributed by atoms with Crippen molar-refractivity contribution < 1.29 is 19.8 Å². The minimum absolute atomic E-state index is 0.157. The van der Waals surface area contributed by atoms with Gasteiger partial charge >= 0.3 is 11.9 Å². The average molecular weight is 308 g/mol. The van der Waals surface area contributed by atoms with Gasteiger partial charge in [0.05, 0.1) is 12.1 Å². The van der Waals surface area contributed by atoms with Gasteiger partial charge in [0.25, 0.3) is 0 Å². The molecule has 0 aromatic heterocycles. The number of hydrogen-bond donors (Lipinski definition) is 2. The van der Waals surface area contributed by atoms with E-state index in [1.54, 1.807) is 0 Å². The molecule has 0 aromatic carbocycles. The molecule has 0 amide bonds. The molecule has 22 heavy (non-hydrogen) atoms. The maximum Gasteiger partial charge on any atom is 0.335 e. The third-order valence-corrected chi connectivity index (χ3v) is 4.07. The van der Waals surface area contributed by atoms with E-state index in [1.807, 2.05) is 6.92 Å². The smallest absolute Gasteiger partial charge is 0.335 e. The fourth-order valence-electron chi connectivity index (χ4n) is 2.31. The van der Waals surface area contributed by atoms with Crippen molar-refractivity contribution in [3.63, 3.8) is 0 Å². The lowest BCUT2D eigenvalue weighted by atomic mass is 9.81. The van der Waals surface area contributed by atoms with Crippen molar-refractivity contribution in [1.82, 2.24) is 0 Å². The Labute approximate surface area is 131 Å². The first-order chi connectivity index (χ1) is 10.3. The summed E-state index contributed by atoms with van der Waals surface area (Å²) >= 11 is 0. The average Bonchev–Trinajstić information content (AvgIpc) is 2.45. The highest BCUT2D eigenvalue weighted by Gasteiger charge is 2.47. The van der Waals surface area contributed by atoms with Crippen LogP contribution in [0, 0.1) is 39.9 Å². The molecule has 0 saturated heterocycles. The Morgan fingerprint density at radius 1 is 1.00 bits per heavy atom. The molecule has 0 bridgehead atoms. The Hall–Kier alpha value is -2.08. The van der Waals surface area contributed by atoms with Crippen LogP contribution in [0.1, 0.15) is 58.8 Å². The summed E-state index contributed by atoms with van der Waals surface area (Å²) < 4.78 is 0. The van der Waals surface area contributed by atoms with Crippen LogP contribution in [0.25, 0.3) is 0 Å². The molecule has 0 rings (SSSR count). The van der Waals surface area contributed by atoms with Gasteiger partial charge < -0.3 is 10.2 Å². The molecule has 0 fully saturated rings. The van der Waals surface area contributed by atoms with Crippen LogP contribution in [0.5, 0.6) is 0 Å². The van der Waals surface area contributed by atoms with Gasteiger partial charge in [-0.2, -0.15) is 10.5 Å². The molecule has 0 aliphatic rings. The lowest BCUT2D eigenvalue weighted by Crippen LogP contribution is -2.38. The number of carbonyl (C=O) groups is 2. The molecule has 0 radical (unpaired) electrons. The zero-order valence-electron chi connectivity index (χ0n) is 13.2. The van der Waals surface area contributed by atoms with Crippen molar-refractivity contribution >= 4 is 11.9 Å². The van der Waals surface area contributed by atoms with Gasteiger partial charge in [0.15, 0.2) is 0 Å². The van der Waals surface area contributed by atoms with Gasteiger partial charge in [-0.05, 0) is 37.5 Å². The zero-order valence-corrected chi connectivity index (χ0v) is 13.2. The van der Waals surface area contributed by atoms with Crippen LogP contribution in [0.3, 0.4) is 0 Å². The summed E-state index contributed by atoms with van der Waals surface area (Å²) in [5.41, 5.74) is -2.34. The molecule has 0 aliphatic heterocycles. The number of unbranched alkanes of at least 4 members (excludes halogenated alkanes) is 1. The quantitative estimate of drug-likeness (QED) is 0.446. The Bertz CT molecular complexity index is 448. The highest BCUT2D eigenvalue weighted by atomic mass is 16.4. The number of carboxylic acid groups (broad SMARTS) is 2. The van der Waals surface area contributed by atoms with E-state index < -0.39 is 17.4 Å². The van der Waals surface area contributed by atoms with Crippen LogP contribution in [0.2, 0.25) is 0 Å². The van der Waals surface area contributed by atoms with E-state index in [-0.39, 0.29) is 12.3 Å². The van der Waals surface area contributed by atoms with Crippen molar-refractivity contribution in [3.05, 3.63) is 0 Å². The molecule has 2 N–H and O–H groups in total. The van der Waals surface area contributed by atoms with E-state index in [0.717, 1.165) is 25.7 Å². The third-order valence-electron chi connectivity index (χ3n) is 4.07. The molecular formula is C16H24N2O4. The van der Waals surface area contributed by atoms with Crippen LogP contribution in [-0.4, -0.2) is 22.2 Å². The van der Waals surface area contributed by atoms with E-state index in [2.05, 4.69) is 13.0 Å². The first-order valence-electron chi connectivity index (χ1n) is 7.55. The molecule has 0 spiro atoms. The zero-order chi connectivity index (χ0) is 17.2. The van der Waals surface area contributed by atoms with Gasteiger partial charge in [-0.3, -0.25) is 0 Å². The predicted octanol–water partition coefficient (Wildman–Crippen LogP) is 3.19. The normalized spacial score (nSPS) is 13.6. The molecule has 0 aromatic rings. The van der Waals surface area contributed by atoms with Gasteiger partial charge in [-0.15, -0.1) is 0 Å². The number of nitrogens with zero attached hydrogens (tertiary/aromatic N) is 2. The topological polar surface area (TPSA) is 122 Å². The van der Waals surface area contributed by atoms with Crippen molar-refractivity contribution in [2.45, 2.75) is 58.8 Å². The Morgan fingerprint density at radius 3 is 1.91 bits per heavy atom. The van der Waals surface area contributed by atoms with Gasteiger partial charge in [0.2, 0.25) is 5.41 Å². The van der Waals surface area contributed by atoms with Crippen molar-refractivity contribution in [1.29, 1.82) is 10.5 Å². The van der Waals surface area contributed by atoms with Crippen LogP contribution in [-0.2, 0) is 9.59 Å². The number of rotatable bonds is 11. The summed E-state index contributed by atoms with van der Waals surface area (Å²) in [4.78, 5) is 22.2. The summed E-state index contributed by atoms with van der Waals surface area (Å²) in [6.45, 7) is 4.05. The van der Waals surface area contributed by atoms with E-state index in [1.165, 1.54) is 6.07 Å². The summed E-state index contributed by atoms with van der Waals surface area (Å²) in [5.74, 6) is -2.56. The summed E-state index contributed by atoms with van der Waals surface area (Å²) in [6, 6.07) is 3.55. The molecule has 6 nitrogen and oxygen atoms in total. The second-order valence-corrected chi connectivity index (χ2v) is 6.00. The summed E-state index contributed by atoms with van der Waals surface area (Å²) in [5, 5.41) is 35.4. The van der Waals surface area contributed by atoms with Crippen molar-refractivity contribution in [3.8, 4) is 12.1 Å². The van der Waals surface area contributed by atoms with E-state index in [9.17, 15) is 9.59 Å². The number of hydrogen-bond acceptors (Lipinski definition) is 4. The van der Waals surface area contributed by atoms with Gasteiger partial charge in [-0.1, -0.05) is 26.7 Å². The Kier molecular flexibility index (Phi) is 8.86. The second-order valence-electron chi connectivity index (χ2n) is 6.00. The second kappa shape index (κ2) is 9.78. The molecule has 0 aliphatic carbocycles. The van der Waals surface area contributed by atoms with E-state index >= 15 is 0 Å². The molecule has 2 atom stereocenters. The first-order valence-corrected chi connectivity index (χ1v) is 7.55. The lowest BCUT2D eigenvalue weighted by Gasteiger charge is -2.20. The molecule has 6 heteroatoms.